The van der Waals surface area contributed by atoms with Crippen LogP contribution in [0.2, 0.25) is 0 Å². The summed E-state index contributed by atoms with van der Waals surface area (Å²) in [6.45, 7) is 0. The van der Waals surface area contributed by atoms with E-state index in [1.54, 1.807) is 0 Å². The fourth-order valence-electron chi connectivity index (χ4n) is 1.96. The van der Waals surface area contributed by atoms with Crippen LogP contribution in [0.25, 0.3) is 0 Å². The Kier molecular flexibility index (Phi) is 3.28. The largest absolute Gasteiger partial charge is 0.479 e. The molecule has 1 unspecified atom stereocenters. The standard InChI is InChI=1S/C9H13F3O3/c10-9(11,12)8(15,7(13)14)5-6-3-1-2-4-6/h6,15H,1-5H2,(H,13,14). The number of carboxylic acids is 1. The molecule has 1 aliphatic carbocycles. The van der Waals surface area contributed by atoms with Gasteiger partial charge in [0.25, 0.3) is 5.60 Å². The van der Waals surface area contributed by atoms with Gasteiger partial charge in [0.05, 0.1) is 0 Å². The van der Waals surface area contributed by atoms with Crippen molar-refractivity contribution in [3.63, 3.8) is 0 Å². The van der Waals surface area contributed by atoms with Gasteiger partial charge in [-0.3, -0.25) is 0 Å². The van der Waals surface area contributed by atoms with Crippen molar-refractivity contribution in [2.45, 2.75) is 43.9 Å². The average Bonchev–Trinajstić information content (AvgIpc) is 2.54. The Labute approximate surface area is 84.9 Å². The molecule has 1 saturated carbocycles. The van der Waals surface area contributed by atoms with Gasteiger partial charge in [0.1, 0.15) is 0 Å². The topological polar surface area (TPSA) is 57.5 Å². The van der Waals surface area contributed by atoms with Gasteiger partial charge in [-0.2, -0.15) is 13.2 Å². The quantitative estimate of drug-likeness (QED) is 0.773. The van der Waals surface area contributed by atoms with Crippen molar-refractivity contribution in [3.8, 4) is 0 Å². The predicted octanol–water partition coefficient (Wildman–Crippen LogP) is 1.94. The smallest absolute Gasteiger partial charge is 0.428 e. The van der Waals surface area contributed by atoms with E-state index in [1.807, 2.05) is 0 Å². The van der Waals surface area contributed by atoms with E-state index >= 15 is 0 Å². The van der Waals surface area contributed by atoms with Crippen molar-refractivity contribution in [1.82, 2.24) is 0 Å². The van der Waals surface area contributed by atoms with Crippen molar-refractivity contribution in [1.29, 1.82) is 0 Å². The highest BCUT2D eigenvalue weighted by Crippen LogP contribution is 2.40. The minimum Gasteiger partial charge on any atom is -0.479 e. The molecule has 1 rings (SSSR count). The molecule has 0 bridgehead atoms. The summed E-state index contributed by atoms with van der Waals surface area (Å²) in [5.74, 6) is -2.55. The Bertz CT molecular complexity index is 245. The second-order valence-corrected chi connectivity index (χ2v) is 4.02. The maximum absolute atomic E-state index is 12.4. The molecule has 15 heavy (non-hydrogen) atoms. The van der Waals surface area contributed by atoms with Crippen LogP contribution in [0.5, 0.6) is 0 Å². The zero-order valence-corrected chi connectivity index (χ0v) is 8.05. The summed E-state index contributed by atoms with van der Waals surface area (Å²) >= 11 is 0. The SMILES string of the molecule is O=C(O)C(O)(CC1CCCC1)C(F)(F)F. The van der Waals surface area contributed by atoms with Crippen molar-refractivity contribution in [3.05, 3.63) is 0 Å². The number of rotatable bonds is 3. The Balaban J connectivity index is 2.77. The third-order valence-electron chi connectivity index (χ3n) is 2.88. The Morgan fingerprint density at radius 2 is 1.73 bits per heavy atom. The molecule has 88 valence electrons. The first kappa shape index (κ1) is 12.3. The maximum atomic E-state index is 12.4. The number of carbonyl (C=O) groups is 1. The first-order chi connectivity index (χ1) is 6.77. The summed E-state index contributed by atoms with van der Waals surface area (Å²) in [5, 5.41) is 17.6. The third-order valence-corrected chi connectivity index (χ3v) is 2.88. The van der Waals surface area contributed by atoms with Crippen LogP contribution < -0.4 is 0 Å². The molecule has 2 N–H and O–H groups in total. The molecule has 1 fully saturated rings. The molecule has 1 atom stereocenters. The molecule has 0 aliphatic heterocycles. The molecule has 1 aliphatic rings. The third kappa shape index (κ3) is 2.42. The number of halogens is 3. The van der Waals surface area contributed by atoms with Crippen LogP contribution in [0, 0.1) is 5.92 Å². The van der Waals surface area contributed by atoms with E-state index in [1.165, 1.54) is 0 Å². The fraction of sp³-hybridized carbons (Fsp3) is 0.889. The molecule has 0 spiro atoms. The van der Waals surface area contributed by atoms with Crippen molar-refractivity contribution in [2.75, 3.05) is 0 Å². The van der Waals surface area contributed by atoms with Crippen LogP contribution in [0.15, 0.2) is 0 Å². The molecule has 0 radical (unpaired) electrons. The Hall–Kier alpha value is -0.780. The van der Waals surface area contributed by atoms with Gasteiger partial charge in [-0.15, -0.1) is 0 Å². The maximum Gasteiger partial charge on any atom is 0.428 e. The first-order valence-electron chi connectivity index (χ1n) is 4.80. The van der Waals surface area contributed by atoms with E-state index in [0.717, 1.165) is 12.8 Å². The molecular weight excluding hydrogens is 213 g/mol. The summed E-state index contributed by atoms with van der Waals surface area (Å²) in [7, 11) is 0. The van der Waals surface area contributed by atoms with E-state index in [-0.39, 0.29) is 5.92 Å². The van der Waals surface area contributed by atoms with Crippen LogP contribution >= 0.6 is 0 Å². The van der Waals surface area contributed by atoms with Crippen LogP contribution in [0.4, 0.5) is 13.2 Å². The molecule has 3 nitrogen and oxygen atoms in total. The second-order valence-electron chi connectivity index (χ2n) is 4.02. The van der Waals surface area contributed by atoms with Gasteiger partial charge in [-0.1, -0.05) is 25.7 Å². The highest BCUT2D eigenvalue weighted by molar-refractivity contribution is 5.78. The zero-order chi connectivity index (χ0) is 11.7. The number of aliphatic carboxylic acids is 1. The molecule has 0 amide bonds. The highest BCUT2D eigenvalue weighted by atomic mass is 19.4. The van der Waals surface area contributed by atoms with Gasteiger partial charge in [0, 0.05) is 0 Å². The molecule has 0 heterocycles. The van der Waals surface area contributed by atoms with Gasteiger partial charge in [0.15, 0.2) is 0 Å². The minimum absolute atomic E-state index is 0.340. The van der Waals surface area contributed by atoms with Gasteiger partial charge >= 0.3 is 12.1 Å². The van der Waals surface area contributed by atoms with E-state index in [2.05, 4.69) is 0 Å². The number of alkyl halides is 3. The summed E-state index contributed by atoms with van der Waals surface area (Å²) < 4.78 is 37.1. The summed E-state index contributed by atoms with van der Waals surface area (Å²) in [4.78, 5) is 10.5. The lowest BCUT2D eigenvalue weighted by molar-refractivity contribution is -0.264. The van der Waals surface area contributed by atoms with Crippen LogP contribution in [-0.4, -0.2) is 28.0 Å². The van der Waals surface area contributed by atoms with E-state index < -0.39 is 24.2 Å². The number of hydrogen-bond donors (Lipinski definition) is 2. The molecule has 0 saturated heterocycles. The van der Waals surface area contributed by atoms with Crippen LogP contribution in [-0.2, 0) is 4.79 Å². The Morgan fingerprint density at radius 1 is 1.27 bits per heavy atom. The minimum atomic E-state index is -5.11. The van der Waals surface area contributed by atoms with Gasteiger partial charge < -0.3 is 10.2 Å². The summed E-state index contributed by atoms with van der Waals surface area (Å²) in [6, 6.07) is 0. The second kappa shape index (κ2) is 4.00. The lowest BCUT2D eigenvalue weighted by Crippen LogP contribution is -2.53. The number of aliphatic hydroxyl groups is 1. The zero-order valence-electron chi connectivity index (χ0n) is 8.05. The highest BCUT2D eigenvalue weighted by Gasteiger charge is 2.60. The van der Waals surface area contributed by atoms with E-state index in [9.17, 15) is 18.0 Å². The Morgan fingerprint density at radius 3 is 2.07 bits per heavy atom. The lowest BCUT2D eigenvalue weighted by atomic mass is 9.89. The fourth-order valence-corrected chi connectivity index (χ4v) is 1.96. The van der Waals surface area contributed by atoms with E-state index in [4.69, 9.17) is 10.2 Å². The summed E-state index contributed by atoms with van der Waals surface area (Å²) in [5.41, 5.74) is -3.58. The van der Waals surface area contributed by atoms with Crippen LogP contribution in [0.3, 0.4) is 0 Å². The lowest BCUT2D eigenvalue weighted by Gasteiger charge is -2.28. The molecule has 6 heteroatoms. The molecule has 0 aromatic heterocycles. The van der Waals surface area contributed by atoms with Gasteiger partial charge in [0.2, 0.25) is 0 Å². The average molecular weight is 226 g/mol. The number of carboxylic acid groups (broad SMARTS) is 1. The first-order valence-corrected chi connectivity index (χ1v) is 4.80. The van der Waals surface area contributed by atoms with Crippen molar-refractivity contribution in [2.24, 2.45) is 5.92 Å². The van der Waals surface area contributed by atoms with Crippen LogP contribution in [0.1, 0.15) is 32.1 Å². The molecule has 0 aromatic carbocycles. The van der Waals surface area contributed by atoms with Crippen molar-refractivity contribution < 1.29 is 28.2 Å². The normalized spacial score (nSPS) is 22.7. The van der Waals surface area contributed by atoms with Crippen molar-refractivity contribution >= 4 is 5.97 Å². The predicted molar refractivity (Wildman–Crippen MR) is 45.2 cm³/mol. The summed E-state index contributed by atoms with van der Waals surface area (Å²) in [6.07, 6.45) is -3.11. The van der Waals surface area contributed by atoms with Gasteiger partial charge in [-0.05, 0) is 12.3 Å². The van der Waals surface area contributed by atoms with Gasteiger partial charge in [-0.25, -0.2) is 4.79 Å². The number of hydrogen-bond acceptors (Lipinski definition) is 2. The van der Waals surface area contributed by atoms with E-state index in [0.29, 0.717) is 12.8 Å². The molecule has 0 aromatic rings. The molecular formula is C9H13F3O3. The monoisotopic (exact) mass is 226 g/mol.